The number of hydrogen-bond donors (Lipinski definition) is 1. The zero-order valence-corrected chi connectivity index (χ0v) is 10.2. The van der Waals surface area contributed by atoms with E-state index in [2.05, 4.69) is 10.3 Å². The fraction of sp³-hybridized carbons (Fsp3) is 0.333. The third-order valence-electron chi connectivity index (χ3n) is 2.58. The van der Waals surface area contributed by atoms with Crippen LogP contribution in [0.15, 0.2) is 34.2 Å². The second kappa shape index (κ2) is 4.70. The van der Waals surface area contributed by atoms with Gasteiger partial charge in [0.15, 0.2) is 0 Å². The second-order valence-corrected chi connectivity index (χ2v) is 4.50. The summed E-state index contributed by atoms with van der Waals surface area (Å²) in [5, 5.41) is 2.81. The summed E-state index contributed by atoms with van der Waals surface area (Å²) in [6.07, 6.45) is 2.79. The normalized spacial score (nSPS) is 19.5. The van der Waals surface area contributed by atoms with E-state index in [0.29, 0.717) is 5.84 Å². The van der Waals surface area contributed by atoms with Crippen LogP contribution in [0, 0.1) is 0 Å². The lowest BCUT2D eigenvalue weighted by atomic mass is 10.2. The smallest absolute Gasteiger partial charge is 0.250 e. The monoisotopic (exact) mass is 234 g/mol. The largest absolute Gasteiger partial charge is 0.309 e. The first-order chi connectivity index (χ1) is 7.74. The van der Waals surface area contributed by atoms with Gasteiger partial charge in [-0.2, -0.15) is 0 Å². The Hall–Kier alpha value is -1.29. The Labute approximate surface area is 99.3 Å². The van der Waals surface area contributed by atoms with E-state index in [1.54, 1.807) is 11.8 Å². The van der Waals surface area contributed by atoms with Crippen molar-refractivity contribution in [2.45, 2.75) is 24.3 Å². The molecule has 2 rings (SSSR count). The molecule has 0 radical (unpaired) electrons. The van der Waals surface area contributed by atoms with Gasteiger partial charge < -0.3 is 5.32 Å². The molecule has 1 atom stereocenters. The molecule has 84 valence electrons. The van der Waals surface area contributed by atoms with Crippen molar-refractivity contribution in [3.8, 4) is 0 Å². The molecule has 16 heavy (non-hydrogen) atoms. The summed E-state index contributed by atoms with van der Waals surface area (Å²) in [6, 6.07) is 7.84. The third kappa shape index (κ3) is 2.11. The Morgan fingerprint density at radius 3 is 2.56 bits per heavy atom. The molecule has 3 nitrogen and oxygen atoms in total. The van der Waals surface area contributed by atoms with Gasteiger partial charge in [-0.25, -0.2) is 0 Å². The highest BCUT2D eigenvalue weighted by Gasteiger charge is 2.24. The molecule has 0 spiro atoms. The van der Waals surface area contributed by atoms with Crippen molar-refractivity contribution >= 4 is 23.5 Å². The van der Waals surface area contributed by atoms with Crippen LogP contribution in [0.4, 0.5) is 0 Å². The summed E-state index contributed by atoms with van der Waals surface area (Å²) < 4.78 is 0. The molecule has 1 amide bonds. The minimum absolute atomic E-state index is 0.00597. The number of nitrogens with zero attached hydrogens (tertiary/aromatic N) is 1. The lowest BCUT2D eigenvalue weighted by Crippen LogP contribution is -2.28. The van der Waals surface area contributed by atoms with Crippen LogP contribution in [0.25, 0.3) is 0 Å². The lowest BCUT2D eigenvalue weighted by molar-refractivity contribution is -0.120. The number of hydrogen-bond acceptors (Lipinski definition) is 3. The Morgan fingerprint density at radius 2 is 2.06 bits per heavy atom. The minimum atomic E-state index is -0.213. The number of amidine groups is 1. The topological polar surface area (TPSA) is 41.5 Å². The Balaban J connectivity index is 2.22. The summed E-state index contributed by atoms with van der Waals surface area (Å²) in [7, 11) is 0. The Kier molecular flexibility index (Phi) is 3.29. The first-order valence-corrected chi connectivity index (χ1v) is 6.50. The number of nitrogens with one attached hydrogen (secondary N) is 1. The molecule has 1 N–H and O–H groups in total. The molecule has 0 aromatic heterocycles. The van der Waals surface area contributed by atoms with E-state index in [1.165, 1.54) is 4.90 Å². The van der Waals surface area contributed by atoms with Gasteiger partial charge in [0.25, 0.3) is 0 Å². The van der Waals surface area contributed by atoms with Gasteiger partial charge in [-0.05, 0) is 24.8 Å². The average molecular weight is 234 g/mol. The molecule has 0 saturated carbocycles. The number of carbonyl (C=O) groups excluding carboxylic acids is 1. The predicted octanol–water partition coefficient (Wildman–Crippen LogP) is 2.06. The van der Waals surface area contributed by atoms with Crippen LogP contribution in [0.3, 0.4) is 0 Å². The maximum absolute atomic E-state index is 11.5. The molecule has 1 unspecified atom stereocenters. The highest BCUT2D eigenvalue weighted by atomic mass is 32.2. The molecule has 1 aromatic carbocycles. The van der Waals surface area contributed by atoms with E-state index >= 15 is 0 Å². The summed E-state index contributed by atoms with van der Waals surface area (Å²) in [5.74, 6) is 0.705. The number of benzene rings is 1. The van der Waals surface area contributed by atoms with Gasteiger partial charge >= 0.3 is 0 Å². The molecule has 4 heteroatoms. The van der Waals surface area contributed by atoms with Gasteiger partial charge in [0.1, 0.15) is 11.9 Å². The van der Waals surface area contributed by atoms with Crippen LogP contribution >= 0.6 is 11.8 Å². The van der Waals surface area contributed by atoms with Crippen molar-refractivity contribution in [3.05, 3.63) is 29.8 Å². The first kappa shape index (κ1) is 11.2. The maximum Gasteiger partial charge on any atom is 0.250 e. The van der Waals surface area contributed by atoms with Crippen molar-refractivity contribution in [2.24, 2.45) is 4.99 Å². The summed E-state index contributed by atoms with van der Waals surface area (Å²) in [5.41, 5.74) is 0.974. The molecule has 0 saturated heterocycles. The van der Waals surface area contributed by atoms with Gasteiger partial charge in [-0.15, -0.1) is 11.8 Å². The van der Waals surface area contributed by atoms with E-state index < -0.39 is 0 Å². The lowest BCUT2D eigenvalue weighted by Gasteiger charge is -2.01. The van der Waals surface area contributed by atoms with Crippen LogP contribution in [-0.2, 0) is 4.79 Å². The number of amides is 1. The first-order valence-electron chi connectivity index (χ1n) is 5.27. The highest BCUT2D eigenvalue weighted by molar-refractivity contribution is 7.98. The standard InChI is InChI=1S/C12H14N2OS/c1-3-10-12(15)14-11(13-10)8-4-6-9(16-2)7-5-8/h4-7,10H,3H2,1-2H3,(H,13,14,15). The molecule has 0 aliphatic carbocycles. The molecule has 0 bridgehead atoms. The van der Waals surface area contributed by atoms with Crippen LogP contribution < -0.4 is 5.32 Å². The van der Waals surface area contributed by atoms with Gasteiger partial charge in [-0.1, -0.05) is 19.1 Å². The second-order valence-electron chi connectivity index (χ2n) is 3.62. The fourth-order valence-electron chi connectivity index (χ4n) is 1.62. The maximum atomic E-state index is 11.5. The SMILES string of the molecule is CCC1N=C(c2ccc(SC)cc2)NC1=O. The van der Waals surface area contributed by atoms with E-state index in [4.69, 9.17) is 0 Å². The van der Waals surface area contributed by atoms with Crippen LogP contribution in [-0.4, -0.2) is 24.0 Å². The number of thioether (sulfide) groups is 1. The van der Waals surface area contributed by atoms with Crippen LogP contribution in [0.5, 0.6) is 0 Å². The van der Waals surface area contributed by atoms with Crippen molar-refractivity contribution in [1.82, 2.24) is 5.32 Å². The van der Waals surface area contributed by atoms with Crippen molar-refractivity contribution < 1.29 is 4.79 Å². The van der Waals surface area contributed by atoms with Gasteiger partial charge in [0.2, 0.25) is 5.91 Å². The Bertz CT molecular complexity index is 425. The van der Waals surface area contributed by atoms with E-state index in [0.717, 1.165) is 12.0 Å². The van der Waals surface area contributed by atoms with E-state index in [9.17, 15) is 4.79 Å². The van der Waals surface area contributed by atoms with E-state index in [1.807, 2.05) is 37.4 Å². The number of rotatable bonds is 3. The van der Waals surface area contributed by atoms with Gasteiger partial charge in [0, 0.05) is 10.5 Å². The Morgan fingerprint density at radius 1 is 1.38 bits per heavy atom. The summed E-state index contributed by atoms with van der Waals surface area (Å²) >= 11 is 1.70. The fourth-order valence-corrected chi connectivity index (χ4v) is 2.03. The van der Waals surface area contributed by atoms with Crippen molar-refractivity contribution in [2.75, 3.05) is 6.26 Å². The van der Waals surface area contributed by atoms with Gasteiger partial charge in [-0.3, -0.25) is 9.79 Å². The van der Waals surface area contributed by atoms with Crippen molar-refractivity contribution in [3.63, 3.8) is 0 Å². The molecule has 0 fully saturated rings. The van der Waals surface area contributed by atoms with E-state index in [-0.39, 0.29) is 11.9 Å². The number of aliphatic imine (C=N–C) groups is 1. The quantitative estimate of drug-likeness (QED) is 0.813. The zero-order valence-electron chi connectivity index (χ0n) is 9.36. The van der Waals surface area contributed by atoms with Crippen molar-refractivity contribution in [1.29, 1.82) is 0 Å². The number of carbonyl (C=O) groups is 1. The third-order valence-corrected chi connectivity index (χ3v) is 3.32. The summed E-state index contributed by atoms with van der Waals surface area (Å²) in [4.78, 5) is 17.1. The molecule has 1 aromatic rings. The zero-order chi connectivity index (χ0) is 11.5. The molecular weight excluding hydrogens is 220 g/mol. The molecule has 1 aliphatic heterocycles. The summed E-state index contributed by atoms with van der Waals surface area (Å²) in [6.45, 7) is 1.97. The van der Waals surface area contributed by atoms with Gasteiger partial charge in [0.05, 0.1) is 0 Å². The van der Waals surface area contributed by atoms with Crippen LogP contribution in [0.2, 0.25) is 0 Å². The average Bonchev–Trinajstić information content (AvgIpc) is 2.71. The molecule has 1 aliphatic rings. The highest BCUT2D eigenvalue weighted by Crippen LogP contribution is 2.16. The predicted molar refractivity (Wildman–Crippen MR) is 67.0 cm³/mol. The molecule has 1 heterocycles. The minimum Gasteiger partial charge on any atom is -0.309 e. The van der Waals surface area contributed by atoms with Crippen LogP contribution in [0.1, 0.15) is 18.9 Å². The molecular formula is C12H14N2OS.